The van der Waals surface area contributed by atoms with Gasteiger partial charge >= 0.3 is 0 Å². The lowest BCUT2D eigenvalue weighted by Gasteiger charge is -2.38. The molecular weight excluding hydrogens is 409 g/mol. The molecule has 2 aliphatic rings. The first kappa shape index (κ1) is 20.3. The van der Waals surface area contributed by atoms with Gasteiger partial charge in [-0.1, -0.05) is 18.9 Å². The maximum absolute atomic E-state index is 13.0. The van der Waals surface area contributed by atoms with E-state index in [1.807, 2.05) is 0 Å². The van der Waals surface area contributed by atoms with Crippen molar-refractivity contribution in [3.05, 3.63) is 59.9 Å². The van der Waals surface area contributed by atoms with Crippen LogP contribution in [0.2, 0.25) is 0 Å². The second-order valence-corrected chi connectivity index (χ2v) is 9.48. The quantitative estimate of drug-likeness (QED) is 0.677. The molecular formula is C21H22FN3O4S. The van der Waals surface area contributed by atoms with Gasteiger partial charge < -0.3 is 10.6 Å². The summed E-state index contributed by atoms with van der Waals surface area (Å²) < 4.78 is 40.8. The van der Waals surface area contributed by atoms with Crippen molar-refractivity contribution in [2.75, 3.05) is 4.72 Å². The number of hydrogen-bond donors (Lipinski definition) is 3. The summed E-state index contributed by atoms with van der Waals surface area (Å²) in [5.74, 6) is -0.976. The molecule has 3 N–H and O–H groups in total. The largest absolute Gasteiger partial charge is 0.351 e. The minimum Gasteiger partial charge on any atom is -0.351 e. The van der Waals surface area contributed by atoms with E-state index in [1.54, 1.807) is 0 Å². The third kappa shape index (κ3) is 4.02. The van der Waals surface area contributed by atoms with Crippen LogP contribution < -0.4 is 15.4 Å². The number of rotatable bonds is 5. The van der Waals surface area contributed by atoms with E-state index < -0.39 is 27.3 Å². The zero-order valence-corrected chi connectivity index (χ0v) is 17.0. The van der Waals surface area contributed by atoms with Crippen molar-refractivity contribution in [3.63, 3.8) is 0 Å². The van der Waals surface area contributed by atoms with E-state index in [-0.39, 0.29) is 34.5 Å². The molecule has 1 aliphatic heterocycles. The van der Waals surface area contributed by atoms with Crippen LogP contribution in [0.5, 0.6) is 0 Å². The lowest BCUT2D eigenvalue weighted by molar-refractivity contribution is -0.119. The second-order valence-electron chi connectivity index (χ2n) is 7.79. The standard InChI is InChI=1S/C21H22FN3O4S/c22-15-7-9-16(10-8-15)25-30(28,29)17-5-3-4-14(12-17)20(27)24-21-11-2-1-6-18(21)23-19(26)13-21/h3-5,7-10,12,18,25H,1-2,6,11,13H2,(H,23,26)(H,24,27)/t18-,21+/m0/s1. The molecule has 2 fully saturated rings. The van der Waals surface area contributed by atoms with Gasteiger partial charge in [0.2, 0.25) is 5.91 Å². The number of nitrogens with one attached hydrogen (secondary N) is 3. The van der Waals surface area contributed by atoms with Gasteiger partial charge in [-0.05, 0) is 55.3 Å². The summed E-state index contributed by atoms with van der Waals surface area (Å²) in [6, 6.07) is 10.5. The van der Waals surface area contributed by atoms with E-state index in [2.05, 4.69) is 15.4 Å². The maximum Gasteiger partial charge on any atom is 0.261 e. The van der Waals surface area contributed by atoms with Crippen LogP contribution in [0.3, 0.4) is 0 Å². The Morgan fingerprint density at radius 3 is 2.67 bits per heavy atom. The van der Waals surface area contributed by atoms with Gasteiger partial charge in [-0.3, -0.25) is 14.3 Å². The van der Waals surface area contributed by atoms with E-state index in [0.29, 0.717) is 6.42 Å². The number of halogens is 1. The highest BCUT2D eigenvalue weighted by molar-refractivity contribution is 7.92. The summed E-state index contributed by atoms with van der Waals surface area (Å²) in [7, 11) is -3.96. The van der Waals surface area contributed by atoms with Crippen LogP contribution in [-0.4, -0.2) is 31.8 Å². The normalized spacial score (nSPS) is 23.4. The average molecular weight is 431 g/mol. The molecule has 4 rings (SSSR count). The highest BCUT2D eigenvalue weighted by Crippen LogP contribution is 2.35. The molecule has 1 heterocycles. The fourth-order valence-electron chi connectivity index (χ4n) is 4.22. The molecule has 0 radical (unpaired) electrons. The molecule has 1 aliphatic carbocycles. The van der Waals surface area contributed by atoms with E-state index in [9.17, 15) is 22.4 Å². The van der Waals surface area contributed by atoms with Crippen LogP contribution in [0.15, 0.2) is 53.4 Å². The van der Waals surface area contributed by atoms with Crippen LogP contribution >= 0.6 is 0 Å². The van der Waals surface area contributed by atoms with Gasteiger partial charge in [0.25, 0.3) is 15.9 Å². The van der Waals surface area contributed by atoms with Crippen LogP contribution in [0, 0.1) is 5.82 Å². The van der Waals surface area contributed by atoms with Crippen molar-refractivity contribution < 1.29 is 22.4 Å². The average Bonchev–Trinajstić information content (AvgIpc) is 3.05. The molecule has 0 unspecified atom stereocenters. The summed E-state index contributed by atoms with van der Waals surface area (Å²) in [6.07, 6.45) is 3.65. The SMILES string of the molecule is O=C1C[C@]2(NC(=O)c3cccc(S(=O)(=O)Nc4ccc(F)cc4)c3)CCCC[C@@H]2N1. The smallest absolute Gasteiger partial charge is 0.261 e. The van der Waals surface area contributed by atoms with Gasteiger partial charge in [0.1, 0.15) is 5.82 Å². The Morgan fingerprint density at radius 2 is 1.90 bits per heavy atom. The number of sulfonamides is 1. The summed E-state index contributed by atoms with van der Waals surface area (Å²) in [5, 5.41) is 5.93. The molecule has 1 saturated heterocycles. The Bertz CT molecular complexity index is 1090. The third-order valence-electron chi connectivity index (χ3n) is 5.71. The molecule has 158 valence electrons. The Kier molecular flexibility index (Phi) is 5.23. The number of carbonyl (C=O) groups excluding carboxylic acids is 2. The van der Waals surface area contributed by atoms with Gasteiger partial charge in [0.15, 0.2) is 0 Å². The van der Waals surface area contributed by atoms with E-state index >= 15 is 0 Å². The molecule has 0 bridgehead atoms. The summed E-state index contributed by atoms with van der Waals surface area (Å²) in [5.41, 5.74) is -0.228. The second kappa shape index (κ2) is 7.71. The Hall–Kier alpha value is -2.94. The minimum atomic E-state index is -3.96. The topological polar surface area (TPSA) is 104 Å². The van der Waals surface area contributed by atoms with E-state index in [1.165, 1.54) is 36.4 Å². The predicted molar refractivity (Wildman–Crippen MR) is 109 cm³/mol. The van der Waals surface area contributed by atoms with Crippen LogP contribution in [0.25, 0.3) is 0 Å². The van der Waals surface area contributed by atoms with Gasteiger partial charge in [-0.2, -0.15) is 0 Å². The molecule has 2 atom stereocenters. The van der Waals surface area contributed by atoms with Crippen LogP contribution in [0.4, 0.5) is 10.1 Å². The van der Waals surface area contributed by atoms with Gasteiger partial charge in [-0.25, -0.2) is 12.8 Å². The van der Waals surface area contributed by atoms with Crippen LogP contribution in [0.1, 0.15) is 42.5 Å². The zero-order valence-electron chi connectivity index (χ0n) is 16.2. The summed E-state index contributed by atoms with van der Waals surface area (Å²) in [4.78, 5) is 24.8. The van der Waals surface area contributed by atoms with Gasteiger partial charge in [0.05, 0.1) is 22.9 Å². The van der Waals surface area contributed by atoms with Crippen molar-refractivity contribution >= 4 is 27.5 Å². The van der Waals surface area contributed by atoms with E-state index in [0.717, 1.165) is 31.4 Å². The number of carbonyl (C=O) groups is 2. The van der Waals surface area contributed by atoms with Crippen LogP contribution in [-0.2, 0) is 14.8 Å². The van der Waals surface area contributed by atoms with Crippen molar-refractivity contribution in [1.82, 2.24) is 10.6 Å². The molecule has 2 amide bonds. The molecule has 2 aromatic carbocycles. The lowest BCUT2D eigenvalue weighted by Crippen LogP contribution is -2.57. The number of hydrogen-bond acceptors (Lipinski definition) is 4. The van der Waals surface area contributed by atoms with Gasteiger partial charge in [-0.15, -0.1) is 0 Å². The molecule has 0 aromatic heterocycles. The number of fused-ring (bicyclic) bond motifs is 1. The van der Waals surface area contributed by atoms with E-state index in [4.69, 9.17) is 0 Å². The summed E-state index contributed by atoms with van der Waals surface area (Å²) >= 11 is 0. The Balaban J connectivity index is 1.54. The van der Waals surface area contributed by atoms with Crippen molar-refractivity contribution in [2.45, 2.75) is 48.6 Å². The zero-order chi connectivity index (χ0) is 21.4. The maximum atomic E-state index is 13.0. The highest BCUT2D eigenvalue weighted by atomic mass is 32.2. The lowest BCUT2D eigenvalue weighted by atomic mass is 9.77. The van der Waals surface area contributed by atoms with Gasteiger partial charge in [0, 0.05) is 11.3 Å². The molecule has 0 spiro atoms. The molecule has 1 saturated carbocycles. The fourth-order valence-corrected chi connectivity index (χ4v) is 5.33. The monoisotopic (exact) mass is 431 g/mol. The van der Waals surface area contributed by atoms with Crippen molar-refractivity contribution in [2.24, 2.45) is 0 Å². The minimum absolute atomic E-state index is 0.0815. The summed E-state index contributed by atoms with van der Waals surface area (Å²) in [6.45, 7) is 0. The predicted octanol–water partition coefficient (Wildman–Crippen LogP) is 2.56. The number of benzene rings is 2. The first-order valence-corrected chi connectivity index (χ1v) is 11.3. The molecule has 2 aromatic rings. The Morgan fingerprint density at radius 1 is 1.13 bits per heavy atom. The molecule has 7 nitrogen and oxygen atoms in total. The number of amides is 2. The van der Waals surface area contributed by atoms with Crippen molar-refractivity contribution in [3.8, 4) is 0 Å². The fraction of sp³-hybridized carbons (Fsp3) is 0.333. The van der Waals surface area contributed by atoms with Crippen molar-refractivity contribution in [1.29, 1.82) is 0 Å². The molecule has 9 heteroatoms. The third-order valence-corrected chi connectivity index (χ3v) is 7.09. The Labute approximate surface area is 174 Å². The first-order valence-electron chi connectivity index (χ1n) is 9.78. The molecule has 30 heavy (non-hydrogen) atoms. The first-order chi connectivity index (χ1) is 14.3. The highest BCUT2D eigenvalue weighted by Gasteiger charge is 2.49. The number of anilines is 1.